The lowest BCUT2D eigenvalue weighted by molar-refractivity contribution is -0.0501. The second kappa shape index (κ2) is 6.49. The average Bonchev–Trinajstić information content (AvgIpc) is 2.30. The number of halogens is 3. The van der Waals surface area contributed by atoms with E-state index in [9.17, 15) is 13.6 Å². The fraction of sp³-hybridized carbons (Fsp3) is 0.273. The van der Waals surface area contributed by atoms with Gasteiger partial charge in [0.1, 0.15) is 11.8 Å². The molecule has 0 fully saturated rings. The Labute approximate surface area is 116 Å². The Balaban J connectivity index is 3.21. The summed E-state index contributed by atoms with van der Waals surface area (Å²) in [4.78, 5) is 11.6. The minimum atomic E-state index is -3.06. The lowest BCUT2D eigenvalue weighted by atomic mass is 10.1. The van der Waals surface area contributed by atoms with Gasteiger partial charge < -0.3 is 9.47 Å². The van der Waals surface area contributed by atoms with Crippen LogP contribution < -0.4 is 4.74 Å². The summed E-state index contributed by atoms with van der Waals surface area (Å²) in [5, 5.41) is 8.79. The van der Waals surface area contributed by atoms with Crippen LogP contribution in [-0.2, 0) is 4.74 Å². The van der Waals surface area contributed by atoms with Gasteiger partial charge in [0.25, 0.3) is 0 Å². The maximum absolute atomic E-state index is 12.2. The van der Waals surface area contributed by atoms with E-state index >= 15 is 0 Å². The molecule has 0 aromatic heterocycles. The van der Waals surface area contributed by atoms with Crippen LogP contribution in [0.3, 0.4) is 0 Å². The Kier molecular flexibility index (Phi) is 5.27. The second-order valence-corrected chi connectivity index (χ2v) is 4.20. The summed E-state index contributed by atoms with van der Waals surface area (Å²) in [6.07, 6.45) is 0. The van der Waals surface area contributed by atoms with Crippen LogP contribution in [0.2, 0.25) is 0 Å². The number of carbonyl (C=O) groups is 1. The van der Waals surface area contributed by atoms with E-state index in [-0.39, 0.29) is 23.5 Å². The van der Waals surface area contributed by atoms with Crippen molar-refractivity contribution in [1.82, 2.24) is 0 Å². The zero-order valence-corrected chi connectivity index (χ0v) is 11.4. The summed E-state index contributed by atoms with van der Waals surface area (Å²) in [7, 11) is 0. The summed E-state index contributed by atoms with van der Waals surface area (Å²) in [5.41, 5.74) is 0.0276. The molecule has 0 radical (unpaired) electrons. The summed E-state index contributed by atoms with van der Waals surface area (Å²) >= 11 is 1.82. The van der Waals surface area contributed by atoms with Crippen molar-refractivity contribution in [3.05, 3.63) is 26.8 Å². The predicted molar refractivity (Wildman–Crippen MR) is 66.5 cm³/mol. The molecular formula is C11H8F2INO3. The minimum Gasteiger partial charge on any atom is -0.462 e. The highest BCUT2D eigenvalue weighted by Gasteiger charge is 2.18. The Bertz CT molecular complexity index is 500. The van der Waals surface area contributed by atoms with Crippen molar-refractivity contribution >= 4 is 28.6 Å². The maximum Gasteiger partial charge on any atom is 0.387 e. The summed E-state index contributed by atoms with van der Waals surface area (Å²) in [6, 6.07) is 4.11. The number of nitrogens with zero attached hydrogens (tertiary/aromatic N) is 1. The predicted octanol–water partition coefficient (Wildman–Crippen LogP) is 2.94. The van der Waals surface area contributed by atoms with Crippen LogP contribution in [0, 0.1) is 14.9 Å². The van der Waals surface area contributed by atoms with E-state index in [4.69, 9.17) is 10.00 Å². The smallest absolute Gasteiger partial charge is 0.387 e. The van der Waals surface area contributed by atoms with Gasteiger partial charge in [-0.05, 0) is 41.6 Å². The third-order valence-corrected chi connectivity index (χ3v) is 2.79. The van der Waals surface area contributed by atoms with Gasteiger partial charge in [-0.15, -0.1) is 0 Å². The van der Waals surface area contributed by atoms with Gasteiger partial charge in [0.2, 0.25) is 0 Å². The van der Waals surface area contributed by atoms with Gasteiger partial charge in [0.15, 0.2) is 0 Å². The first-order valence-electron chi connectivity index (χ1n) is 4.85. The monoisotopic (exact) mass is 367 g/mol. The molecule has 0 spiro atoms. The first-order valence-corrected chi connectivity index (χ1v) is 5.93. The zero-order chi connectivity index (χ0) is 13.7. The summed E-state index contributed by atoms with van der Waals surface area (Å²) in [5.74, 6) is -0.985. The highest BCUT2D eigenvalue weighted by atomic mass is 127. The Morgan fingerprint density at radius 3 is 2.72 bits per heavy atom. The molecule has 96 valence electrons. The standard InChI is InChI=1S/C11H8F2INO3/c1-2-17-10(16)7-4-9(18-11(12)13)6(5-15)3-8(7)14/h3-4,11H,2H2,1H3. The zero-order valence-electron chi connectivity index (χ0n) is 9.25. The van der Waals surface area contributed by atoms with E-state index in [0.717, 1.165) is 6.07 Å². The minimum absolute atomic E-state index is 0.0623. The number of nitriles is 1. The van der Waals surface area contributed by atoms with Crippen LogP contribution in [0.1, 0.15) is 22.8 Å². The molecular weight excluding hydrogens is 359 g/mol. The first kappa shape index (κ1) is 14.6. The number of hydrogen-bond donors (Lipinski definition) is 0. The molecule has 0 saturated carbocycles. The number of esters is 1. The molecule has 0 amide bonds. The molecule has 0 aliphatic heterocycles. The highest BCUT2D eigenvalue weighted by molar-refractivity contribution is 14.1. The summed E-state index contributed by atoms with van der Waals surface area (Å²) < 4.78 is 33.7. The number of carbonyl (C=O) groups excluding carboxylic acids is 1. The van der Waals surface area contributed by atoms with Crippen molar-refractivity contribution in [2.24, 2.45) is 0 Å². The van der Waals surface area contributed by atoms with Crippen molar-refractivity contribution in [2.45, 2.75) is 13.5 Å². The molecule has 0 unspecified atom stereocenters. The van der Waals surface area contributed by atoms with Gasteiger partial charge in [-0.2, -0.15) is 14.0 Å². The molecule has 0 saturated heterocycles. The topological polar surface area (TPSA) is 59.3 Å². The molecule has 1 rings (SSSR count). The third kappa shape index (κ3) is 3.53. The third-order valence-electron chi connectivity index (χ3n) is 1.90. The Hall–Kier alpha value is -1.43. The lowest BCUT2D eigenvalue weighted by Crippen LogP contribution is -2.10. The molecule has 1 aromatic rings. The van der Waals surface area contributed by atoms with Crippen molar-refractivity contribution in [3.8, 4) is 11.8 Å². The van der Waals surface area contributed by atoms with Crippen LogP contribution in [0.25, 0.3) is 0 Å². The van der Waals surface area contributed by atoms with E-state index in [0.29, 0.717) is 3.57 Å². The van der Waals surface area contributed by atoms with Gasteiger partial charge in [0.05, 0.1) is 17.7 Å². The van der Waals surface area contributed by atoms with E-state index < -0.39 is 12.6 Å². The van der Waals surface area contributed by atoms with Crippen LogP contribution >= 0.6 is 22.6 Å². The molecule has 0 aliphatic carbocycles. The molecule has 7 heteroatoms. The highest BCUT2D eigenvalue weighted by Crippen LogP contribution is 2.26. The van der Waals surface area contributed by atoms with Gasteiger partial charge in [0, 0.05) is 3.57 Å². The van der Waals surface area contributed by atoms with Crippen molar-refractivity contribution in [3.63, 3.8) is 0 Å². The van der Waals surface area contributed by atoms with Crippen LogP contribution in [0.4, 0.5) is 8.78 Å². The van der Waals surface area contributed by atoms with Gasteiger partial charge in [-0.25, -0.2) is 4.79 Å². The van der Waals surface area contributed by atoms with Crippen molar-refractivity contribution in [1.29, 1.82) is 5.26 Å². The number of ether oxygens (including phenoxy) is 2. The van der Waals surface area contributed by atoms with Crippen molar-refractivity contribution in [2.75, 3.05) is 6.61 Å². The molecule has 0 bridgehead atoms. The quantitative estimate of drug-likeness (QED) is 0.607. The van der Waals surface area contributed by atoms with Crippen LogP contribution in [0.15, 0.2) is 12.1 Å². The van der Waals surface area contributed by atoms with E-state index in [1.165, 1.54) is 6.07 Å². The van der Waals surface area contributed by atoms with Crippen LogP contribution in [0.5, 0.6) is 5.75 Å². The largest absolute Gasteiger partial charge is 0.462 e. The van der Waals surface area contributed by atoms with Crippen LogP contribution in [-0.4, -0.2) is 19.2 Å². The van der Waals surface area contributed by atoms with Gasteiger partial charge in [-0.1, -0.05) is 0 Å². The molecule has 0 aliphatic rings. The fourth-order valence-corrected chi connectivity index (χ4v) is 1.89. The maximum atomic E-state index is 12.2. The lowest BCUT2D eigenvalue weighted by Gasteiger charge is -2.10. The average molecular weight is 367 g/mol. The molecule has 4 nitrogen and oxygen atoms in total. The van der Waals surface area contributed by atoms with E-state index in [2.05, 4.69) is 4.74 Å². The van der Waals surface area contributed by atoms with Crippen molar-refractivity contribution < 1.29 is 23.0 Å². The van der Waals surface area contributed by atoms with Gasteiger partial charge in [-0.3, -0.25) is 0 Å². The first-order chi connectivity index (χ1) is 8.49. The molecule has 1 aromatic carbocycles. The van der Waals surface area contributed by atoms with E-state index in [1.807, 2.05) is 22.6 Å². The Morgan fingerprint density at radius 2 is 2.22 bits per heavy atom. The molecule has 0 heterocycles. The Morgan fingerprint density at radius 1 is 1.56 bits per heavy atom. The number of alkyl halides is 2. The van der Waals surface area contributed by atoms with Gasteiger partial charge >= 0.3 is 12.6 Å². The summed E-state index contributed by atoms with van der Waals surface area (Å²) in [6.45, 7) is -1.27. The number of benzene rings is 1. The fourth-order valence-electron chi connectivity index (χ4n) is 1.20. The second-order valence-electron chi connectivity index (χ2n) is 3.04. The molecule has 0 atom stereocenters. The van der Waals surface area contributed by atoms with E-state index in [1.54, 1.807) is 13.0 Å². The molecule has 18 heavy (non-hydrogen) atoms. The normalized spacial score (nSPS) is 10.0. The number of rotatable bonds is 4. The number of hydrogen-bond acceptors (Lipinski definition) is 4. The molecule has 0 N–H and O–H groups in total. The SMILES string of the molecule is CCOC(=O)c1cc(OC(F)F)c(C#N)cc1I.